The van der Waals surface area contributed by atoms with Crippen molar-refractivity contribution < 1.29 is 9.21 Å². The first-order valence-corrected chi connectivity index (χ1v) is 6.77. The van der Waals surface area contributed by atoms with Gasteiger partial charge in [-0.1, -0.05) is 26.0 Å². The van der Waals surface area contributed by atoms with Gasteiger partial charge in [-0.15, -0.1) is 0 Å². The Morgan fingerprint density at radius 2 is 2.05 bits per heavy atom. The number of oxazole rings is 1. The van der Waals surface area contributed by atoms with Crippen molar-refractivity contribution in [2.24, 2.45) is 0 Å². The lowest BCUT2D eigenvalue weighted by molar-refractivity contribution is 0.0930. The maximum Gasteiger partial charge on any atom is 0.273 e. The van der Waals surface area contributed by atoms with Crippen molar-refractivity contribution in [3.63, 3.8) is 0 Å². The molecule has 0 saturated carbocycles. The van der Waals surface area contributed by atoms with Crippen LogP contribution in [0.5, 0.6) is 0 Å². The highest BCUT2D eigenvalue weighted by molar-refractivity contribution is 5.92. The molecule has 5 heteroatoms. The zero-order valence-electron chi connectivity index (χ0n) is 11.7. The van der Waals surface area contributed by atoms with Crippen LogP contribution in [0.2, 0.25) is 0 Å². The number of hydrogen-bond donors (Lipinski definition) is 2. The lowest BCUT2D eigenvalue weighted by Crippen LogP contribution is -2.33. The van der Waals surface area contributed by atoms with Gasteiger partial charge in [0.1, 0.15) is 6.26 Å². The van der Waals surface area contributed by atoms with Gasteiger partial charge in [0.05, 0.1) is 5.56 Å². The number of benzene rings is 1. The summed E-state index contributed by atoms with van der Waals surface area (Å²) in [5, 5.41) is 2.92. The predicted molar refractivity (Wildman–Crippen MR) is 78.2 cm³/mol. The molecule has 2 aromatic rings. The number of rotatable bonds is 5. The Kier molecular flexibility index (Phi) is 4.40. The van der Waals surface area contributed by atoms with Crippen molar-refractivity contribution >= 4 is 11.6 Å². The summed E-state index contributed by atoms with van der Waals surface area (Å²) in [6.45, 7) is 4.07. The summed E-state index contributed by atoms with van der Waals surface area (Å²) in [5.74, 6) is 0.140. The largest absolute Gasteiger partial charge is 0.444 e. The molecule has 0 radical (unpaired) electrons. The first-order valence-electron chi connectivity index (χ1n) is 6.77. The number of nitrogen functional groups attached to an aromatic ring is 1. The molecular weight excluding hydrogens is 254 g/mol. The SMILES string of the molecule is CCC(CC)NC(=O)c1coc(-c2ccccc2N)n1. The van der Waals surface area contributed by atoms with E-state index in [4.69, 9.17) is 10.2 Å². The molecule has 5 nitrogen and oxygen atoms in total. The van der Waals surface area contributed by atoms with E-state index in [0.717, 1.165) is 12.8 Å². The van der Waals surface area contributed by atoms with E-state index in [1.54, 1.807) is 6.07 Å². The van der Waals surface area contributed by atoms with Crippen LogP contribution in [0.1, 0.15) is 37.2 Å². The number of carbonyl (C=O) groups excluding carboxylic acids is 1. The lowest BCUT2D eigenvalue weighted by Gasteiger charge is -2.12. The fraction of sp³-hybridized carbons (Fsp3) is 0.333. The van der Waals surface area contributed by atoms with Crippen LogP contribution in [0.4, 0.5) is 5.69 Å². The zero-order chi connectivity index (χ0) is 14.5. The third-order valence-electron chi connectivity index (χ3n) is 3.25. The molecule has 0 unspecified atom stereocenters. The molecular formula is C15H19N3O2. The van der Waals surface area contributed by atoms with Crippen LogP contribution in [0.3, 0.4) is 0 Å². The molecule has 0 aliphatic heterocycles. The first-order chi connectivity index (χ1) is 9.65. The van der Waals surface area contributed by atoms with Crippen molar-refractivity contribution in [3.8, 4) is 11.5 Å². The number of anilines is 1. The van der Waals surface area contributed by atoms with Gasteiger partial charge in [-0.2, -0.15) is 0 Å². The Balaban J connectivity index is 2.17. The number of carbonyl (C=O) groups is 1. The van der Waals surface area contributed by atoms with Crippen LogP contribution in [0.25, 0.3) is 11.5 Å². The molecule has 106 valence electrons. The maximum absolute atomic E-state index is 12.0. The second kappa shape index (κ2) is 6.23. The second-order valence-electron chi connectivity index (χ2n) is 4.61. The van der Waals surface area contributed by atoms with E-state index in [1.165, 1.54) is 6.26 Å². The van der Waals surface area contributed by atoms with Crippen LogP contribution in [-0.4, -0.2) is 16.9 Å². The highest BCUT2D eigenvalue weighted by Crippen LogP contribution is 2.24. The van der Waals surface area contributed by atoms with Crippen LogP contribution >= 0.6 is 0 Å². The van der Waals surface area contributed by atoms with E-state index in [9.17, 15) is 4.79 Å². The number of nitrogens with zero attached hydrogens (tertiary/aromatic N) is 1. The van der Waals surface area contributed by atoms with Gasteiger partial charge in [0.2, 0.25) is 5.89 Å². The normalized spacial score (nSPS) is 10.8. The molecule has 1 aromatic carbocycles. The van der Waals surface area contributed by atoms with Gasteiger partial charge in [0, 0.05) is 11.7 Å². The molecule has 0 aliphatic carbocycles. The predicted octanol–water partition coefficient (Wildman–Crippen LogP) is 2.84. The Morgan fingerprint density at radius 1 is 1.35 bits per heavy atom. The van der Waals surface area contributed by atoms with Crippen LogP contribution < -0.4 is 11.1 Å². The summed E-state index contributed by atoms with van der Waals surface area (Å²) in [4.78, 5) is 16.2. The molecule has 0 aliphatic rings. The maximum atomic E-state index is 12.0. The van der Waals surface area contributed by atoms with Gasteiger partial charge in [-0.3, -0.25) is 4.79 Å². The molecule has 0 saturated heterocycles. The monoisotopic (exact) mass is 273 g/mol. The summed E-state index contributed by atoms with van der Waals surface area (Å²) >= 11 is 0. The van der Waals surface area contributed by atoms with Crippen molar-refractivity contribution in [2.75, 3.05) is 5.73 Å². The van der Waals surface area contributed by atoms with Crippen LogP contribution in [0, 0.1) is 0 Å². The number of nitrogens with one attached hydrogen (secondary N) is 1. The summed E-state index contributed by atoms with van der Waals surface area (Å²) < 4.78 is 5.35. The van der Waals surface area contributed by atoms with E-state index >= 15 is 0 Å². The molecule has 0 bridgehead atoms. The number of amides is 1. The minimum absolute atomic E-state index is 0.157. The van der Waals surface area contributed by atoms with E-state index in [-0.39, 0.29) is 17.6 Å². The van der Waals surface area contributed by atoms with Crippen molar-refractivity contribution in [1.29, 1.82) is 0 Å². The Morgan fingerprint density at radius 3 is 2.70 bits per heavy atom. The first kappa shape index (κ1) is 14.1. The quantitative estimate of drug-likeness (QED) is 0.821. The summed E-state index contributed by atoms with van der Waals surface area (Å²) in [6.07, 6.45) is 3.14. The number of para-hydroxylation sites is 1. The van der Waals surface area contributed by atoms with E-state index < -0.39 is 0 Å². The Labute approximate surface area is 118 Å². The van der Waals surface area contributed by atoms with Gasteiger partial charge in [-0.25, -0.2) is 4.98 Å². The number of nitrogens with two attached hydrogens (primary N) is 1. The average molecular weight is 273 g/mol. The summed E-state index contributed by atoms with van der Waals surface area (Å²) in [6, 6.07) is 7.42. The third kappa shape index (κ3) is 2.99. The Hall–Kier alpha value is -2.30. The van der Waals surface area contributed by atoms with Gasteiger partial charge >= 0.3 is 0 Å². The topological polar surface area (TPSA) is 81.2 Å². The van der Waals surface area contributed by atoms with E-state index in [1.807, 2.05) is 32.0 Å². The fourth-order valence-electron chi connectivity index (χ4n) is 1.95. The number of aromatic nitrogens is 1. The average Bonchev–Trinajstić information content (AvgIpc) is 2.94. The molecule has 0 atom stereocenters. The molecule has 1 amide bonds. The van der Waals surface area contributed by atoms with Crippen LogP contribution in [0.15, 0.2) is 34.9 Å². The van der Waals surface area contributed by atoms with Crippen molar-refractivity contribution in [1.82, 2.24) is 10.3 Å². The summed E-state index contributed by atoms with van der Waals surface area (Å²) in [5.41, 5.74) is 7.39. The smallest absolute Gasteiger partial charge is 0.273 e. The second-order valence-corrected chi connectivity index (χ2v) is 4.61. The minimum atomic E-state index is -0.219. The Bertz CT molecular complexity index is 588. The molecule has 1 aromatic heterocycles. The standard InChI is InChI=1S/C15H19N3O2/c1-3-10(4-2)17-14(19)13-9-20-15(18-13)11-7-5-6-8-12(11)16/h5-10H,3-4,16H2,1-2H3,(H,17,19). The van der Waals surface area contributed by atoms with Gasteiger partial charge in [0.25, 0.3) is 5.91 Å². The van der Waals surface area contributed by atoms with E-state index in [2.05, 4.69) is 10.3 Å². The van der Waals surface area contributed by atoms with Gasteiger partial charge in [-0.05, 0) is 25.0 Å². The molecule has 20 heavy (non-hydrogen) atoms. The molecule has 0 spiro atoms. The number of hydrogen-bond acceptors (Lipinski definition) is 4. The minimum Gasteiger partial charge on any atom is -0.444 e. The molecule has 2 rings (SSSR count). The third-order valence-corrected chi connectivity index (χ3v) is 3.25. The lowest BCUT2D eigenvalue weighted by atomic mass is 10.1. The van der Waals surface area contributed by atoms with E-state index in [0.29, 0.717) is 17.1 Å². The van der Waals surface area contributed by atoms with Gasteiger partial charge in [0.15, 0.2) is 5.69 Å². The highest BCUT2D eigenvalue weighted by Gasteiger charge is 2.16. The zero-order valence-corrected chi connectivity index (χ0v) is 11.7. The fourth-order valence-corrected chi connectivity index (χ4v) is 1.95. The van der Waals surface area contributed by atoms with Crippen molar-refractivity contribution in [2.45, 2.75) is 32.7 Å². The summed E-state index contributed by atoms with van der Waals surface area (Å²) in [7, 11) is 0. The van der Waals surface area contributed by atoms with Crippen LogP contribution in [-0.2, 0) is 0 Å². The van der Waals surface area contributed by atoms with Crippen molar-refractivity contribution in [3.05, 3.63) is 36.2 Å². The molecule has 1 heterocycles. The molecule has 3 N–H and O–H groups in total. The highest BCUT2D eigenvalue weighted by atomic mass is 16.3. The van der Waals surface area contributed by atoms with Gasteiger partial charge < -0.3 is 15.5 Å². The molecule has 0 fully saturated rings.